The van der Waals surface area contributed by atoms with Crippen LogP contribution in [0.1, 0.15) is 21.4 Å². The van der Waals surface area contributed by atoms with Gasteiger partial charge in [0.2, 0.25) is 0 Å². The molecular formula is C15H16BrN3OS. The Morgan fingerprint density at radius 1 is 1.19 bits per heavy atom. The number of halogens is 1. The monoisotopic (exact) mass is 365 g/mol. The summed E-state index contributed by atoms with van der Waals surface area (Å²) < 4.78 is 4.22. The average Bonchev–Trinajstić information content (AvgIpc) is 2.97. The van der Waals surface area contributed by atoms with Gasteiger partial charge in [0, 0.05) is 28.3 Å². The van der Waals surface area contributed by atoms with Crippen molar-refractivity contribution in [2.75, 3.05) is 0 Å². The molecule has 1 unspecified atom stereocenters. The number of imidazole rings is 1. The summed E-state index contributed by atoms with van der Waals surface area (Å²) in [7, 11) is 3.56. The van der Waals surface area contributed by atoms with Crippen LogP contribution in [0.4, 0.5) is 0 Å². The van der Waals surface area contributed by atoms with E-state index in [-0.39, 0.29) is 11.7 Å². The van der Waals surface area contributed by atoms with E-state index in [2.05, 4.69) is 35.0 Å². The summed E-state index contributed by atoms with van der Waals surface area (Å²) >= 11 is 5.29. The van der Waals surface area contributed by atoms with Gasteiger partial charge in [-0.2, -0.15) is 0 Å². The minimum absolute atomic E-state index is 0.0328. The fourth-order valence-corrected chi connectivity index (χ4v) is 4.02. The highest BCUT2D eigenvalue weighted by Gasteiger charge is 2.17. The van der Waals surface area contributed by atoms with Crippen LogP contribution in [0.15, 0.2) is 33.5 Å². The van der Waals surface area contributed by atoms with E-state index in [4.69, 9.17) is 5.73 Å². The molecule has 21 heavy (non-hydrogen) atoms. The Labute approximate surface area is 134 Å². The lowest BCUT2D eigenvalue weighted by molar-refractivity contribution is 0.795. The molecule has 0 fully saturated rings. The Bertz CT molecular complexity index is 890. The first-order chi connectivity index (χ1) is 9.90. The first kappa shape index (κ1) is 14.6. The normalized spacial score (nSPS) is 13.0. The van der Waals surface area contributed by atoms with Crippen LogP contribution >= 0.6 is 27.3 Å². The highest BCUT2D eigenvalue weighted by atomic mass is 79.9. The number of hydrogen-bond acceptors (Lipinski definition) is 3. The first-order valence-electron chi connectivity index (χ1n) is 6.57. The summed E-state index contributed by atoms with van der Waals surface area (Å²) in [5, 5.41) is 0. The molecule has 0 aliphatic heterocycles. The number of nitrogens with zero attached hydrogens (tertiary/aromatic N) is 2. The number of benzene rings is 1. The van der Waals surface area contributed by atoms with Gasteiger partial charge in [-0.25, -0.2) is 4.79 Å². The number of fused-ring (bicyclic) bond motifs is 1. The summed E-state index contributed by atoms with van der Waals surface area (Å²) in [6.45, 7) is 2.07. The van der Waals surface area contributed by atoms with Crippen molar-refractivity contribution in [2.45, 2.75) is 13.0 Å². The molecule has 6 heteroatoms. The van der Waals surface area contributed by atoms with E-state index in [1.807, 2.05) is 12.1 Å². The van der Waals surface area contributed by atoms with Gasteiger partial charge >= 0.3 is 5.69 Å². The summed E-state index contributed by atoms with van der Waals surface area (Å²) in [5.74, 6) is 0. The maximum absolute atomic E-state index is 12.0. The fourth-order valence-electron chi connectivity index (χ4n) is 2.55. The van der Waals surface area contributed by atoms with Gasteiger partial charge < -0.3 is 5.73 Å². The summed E-state index contributed by atoms with van der Waals surface area (Å²) in [6, 6.07) is 7.90. The van der Waals surface area contributed by atoms with Crippen LogP contribution in [-0.4, -0.2) is 9.13 Å². The van der Waals surface area contributed by atoms with Crippen LogP contribution in [0.2, 0.25) is 0 Å². The van der Waals surface area contributed by atoms with E-state index >= 15 is 0 Å². The van der Waals surface area contributed by atoms with Gasteiger partial charge in [0.05, 0.1) is 17.1 Å². The molecular weight excluding hydrogens is 350 g/mol. The molecule has 4 nitrogen and oxygen atoms in total. The van der Waals surface area contributed by atoms with E-state index in [9.17, 15) is 4.79 Å². The highest BCUT2D eigenvalue weighted by Crippen LogP contribution is 2.33. The van der Waals surface area contributed by atoms with Gasteiger partial charge in [-0.3, -0.25) is 9.13 Å². The lowest BCUT2D eigenvalue weighted by Crippen LogP contribution is -2.19. The Morgan fingerprint density at radius 3 is 2.38 bits per heavy atom. The van der Waals surface area contributed by atoms with Crippen molar-refractivity contribution >= 4 is 38.3 Å². The van der Waals surface area contributed by atoms with Crippen molar-refractivity contribution in [3.63, 3.8) is 0 Å². The van der Waals surface area contributed by atoms with Crippen molar-refractivity contribution in [3.8, 4) is 0 Å². The summed E-state index contributed by atoms with van der Waals surface area (Å²) in [5.41, 5.74) is 9.15. The maximum Gasteiger partial charge on any atom is 0.328 e. The molecule has 2 N–H and O–H groups in total. The molecule has 3 aromatic rings. The van der Waals surface area contributed by atoms with Gasteiger partial charge in [0.25, 0.3) is 0 Å². The zero-order chi connectivity index (χ0) is 15.3. The van der Waals surface area contributed by atoms with Crippen LogP contribution in [0.25, 0.3) is 11.0 Å². The number of rotatable bonds is 2. The molecule has 0 bridgehead atoms. The molecule has 0 saturated heterocycles. The molecule has 0 aliphatic carbocycles. The van der Waals surface area contributed by atoms with Crippen molar-refractivity contribution < 1.29 is 0 Å². The minimum Gasteiger partial charge on any atom is -0.320 e. The molecule has 0 spiro atoms. The van der Waals surface area contributed by atoms with Crippen LogP contribution in [0.5, 0.6) is 0 Å². The SMILES string of the molecule is Cc1ccc(C(N)c2cc3c(cc2Br)n(C)c(=O)n3C)s1. The number of thiophene rings is 1. The zero-order valence-electron chi connectivity index (χ0n) is 12.1. The van der Waals surface area contributed by atoms with Gasteiger partial charge in [-0.15, -0.1) is 11.3 Å². The molecule has 2 aromatic heterocycles. The number of aryl methyl sites for hydroxylation is 3. The zero-order valence-corrected chi connectivity index (χ0v) is 14.5. The van der Waals surface area contributed by atoms with E-state index in [0.29, 0.717) is 0 Å². The van der Waals surface area contributed by atoms with E-state index in [1.54, 1.807) is 34.6 Å². The molecule has 1 atom stereocenters. The van der Waals surface area contributed by atoms with Crippen molar-refractivity contribution in [1.29, 1.82) is 0 Å². The standard InChI is InChI=1S/C15H16BrN3OS/c1-8-4-5-13(21-8)14(17)9-6-11-12(7-10(9)16)19(3)15(20)18(11)2/h4-7,14H,17H2,1-3H3. The summed E-state index contributed by atoms with van der Waals surface area (Å²) in [6.07, 6.45) is 0. The van der Waals surface area contributed by atoms with Gasteiger partial charge in [-0.1, -0.05) is 15.9 Å². The van der Waals surface area contributed by atoms with E-state index in [0.717, 1.165) is 25.9 Å². The molecule has 0 amide bonds. The smallest absolute Gasteiger partial charge is 0.320 e. The summed E-state index contributed by atoms with van der Waals surface area (Å²) in [4.78, 5) is 14.4. The van der Waals surface area contributed by atoms with Gasteiger partial charge in [-0.05, 0) is 36.8 Å². The lowest BCUT2D eigenvalue weighted by Gasteiger charge is -2.13. The fraction of sp³-hybridized carbons (Fsp3) is 0.267. The van der Waals surface area contributed by atoms with E-state index in [1.165, 1.54) is 4.88 Å². The molecule has 0 radical (unpaired) electrons. The molecule has 110 valence electrons. The molecule has 1 aromatic carbocycles. The topological polar surface area (TPSA) is 52.9 Å². The first-order valence-corrected chi connectivity index (χ1v) is 8.18. The maximum atomic E-state index is 12.0. The Kier molecular flexibility index (Phi) is 3.55. The lowest BCUT2D eigenvalue weighted by atomic mass is 10.1. The van der Waals surface area contributed by atoms with Crippen LogP contribution < -0.4 is 11.4 Å². The molecule has 3 rings (SSSR count). The second-order valence-corrected chi connectivity index (χ2v) is 7.36. The highest BCUT2D eigenvalue weighted by molar-refractivity contribution is 9.10. The molecule has 0 saturated carbocycles. The third-order valence-electron chi connectivity index (χ3n) is 3.79. The van der Waals surface area contributed by atoms with Crippen molar-refractivity contribution in [3.05, 3.63) is 54.5 Å². The van der Waals surface area contributed by atoms with Crippen molar-refractivity contribution in [1.82, 2.24) is 9.13 Å². The second kappa shape index (κ2) is 5.12. The largest absolute Gasteiger partial charge is 0.328 e. The Balaban J connectivity index is 2.21. The molecule has 0 aliphatic rings. The van der Waals surface area contributed by atoms with Gasteiger partial charge in [0.15, 0.2) is 0 Å². The predicted octanol–water partition coefficient (Wildman–Crippen LogP) is 3.06. The third-order valence-corrected chi connectivity index (χ3v) is 5.56. The average molecular weight is 366 g/mol. The van der Waals surface area contributed by atoms with Crippen molar-refractivity contribution in [2.24, 2.45) is 19.8 Å². The van der Waals surface area contributed by atoms with Crippen LogP contribution in [0, 0.1) is 6.92 Å². The minimum atomic E-state index is -0.196. The second-order valence-electron chi connectivity index (χ2n) is 5.19. The number of aromatic nitrogens is 2. The quantitative estimate of drug-likeness (QED) is 0.758. The van der Waals surface area contributed by atoms with E-state index < -0.39 is 0 Å². The predicted molar refractivity (Wildman–Crippen MR) is 90.9 cm³/mol. The number of hydrogen-bond donors (Lipinski definition) is 1. The van der Waals surface area contributed by atoms with Crippen LogP contribution in [-0.2, 0) is 14.1 Å². The van der Waals surface area contributed by atoms with Crippen LogP contribution in [0.3, 0.4) is 0 Å². The molecule has 2 heterocycles. The Morgan fingerprint density at radius 2 is 1.81 bits per heavy atom. The number of nitrogens with two attached hydrogens (primary N) is 1. The van der Waals surface area contributed by atoms with Gasteiger partial charge in [0.1, 0.15) is 0 Å². The Hall–Kier alpha value is -1.37. The third kappa shape index (κ3) is 2.27.